The van der Waals surface area contributed by atoms with Crippen molar-refractivity contribution in [3.05, 3.63) is 90.9 Å². The number of hydrogen-bond acceptors (Lipinski definition) is 6. The van der Waals surface area contributed by atoms with Gasteiger partial charge in [-0.05, 0) is 66.6 Å². The molecule has 1 amide bonds. The molecule has 0 atom stereocenters. The highest BCUT2D eigenvalue weighted by Gasteiger charge is 2.15. The van der Waals surface area contributed by atoms with Crippen LogP contribution in [0.2, 0.25) is 10.0 Å². The number of anilines is 1. The molecule has 0 saturated carbocycles. The maximum atomic E-state index is 13.2. The molecule has 196 valence electrons. The third-order valence-electron chi connectivity index (χ3n) is 5.40. The van der Waals surface area contributed by atoms with Gasteiger partial charge in [0, 0.05) is 21.6 Å². The molecule has 0 aliphatic rings. The summed E-state index contributed by atoms with van der Waals surface area (Å²) >= 11 is 15.7. The van der Waals surface area contributed by atoms with Crippen LogP contribution in [-0.2, 0) is 11.2 Å². The molecular formula is C27H23BrCl2N4O4. The number of ether oxygens (including phenoxy) is 2. The Bertz CT molecular complexity index is 1570. The Morgan fingerprint density at radius 1 is 1.16 bits per heavy atom. The zero-order valence-electron chi connectivity index (χ0n) is 20.5. The lowest BCUT2D eigenvalue weighted by Crippen LogP contribution is -2.22. The number of methoxy groups -OCH3 is 1. The Kier molecular flexibility index (Phi) is 9.04. The van der Waals surface area contributed by atoms with Crippen LogP contribution < -0.4 is 20.3 Å². The normalized spacial score (nSPS) is 11.2. The summed E-state index contributed by atoms with van der Waals surface area (Å²) in [7, 11) is 1.46. The van der Waals surface area contributed by atoms with Gasteiger partial charge in [0.05, 0.1) is 29.2 Å². The monoisotopic (exact) mass is 616 g/mol. The Balaban J connectivity index is 1.57. The molecular weight excluding hydrogens is 595 g/mol. The molecule has 0 bridgehead atoms. The molecule has 0 aliphatic carbocycles. The van der Waals surface area contributed by atoms with Crippen LogP contribution in [0.5, 0.6) is 11.5 Å². The highest BCUT2D eigenvalue weighted by molar-refractivity contribution is 9.10. The fourth-order valence-corrected chi connectivity index (χ4v) is 4.41. The van der Waals surface area contributed by atoms with Crippen molar-refractivity contribution < 1.29 is 14.3 Å². The molecule has 4 rings (SSSR count). The molecule has 0 fully saturated rings. The number of nitrogens with zero attached hydrogens (tertiary/aromatic N) is 3. The molecule has 1 aromatic heterocycles. The number of fused-ring (bicyclic) bond motifs is 1. The third kappa shape index (κ3) is 6.53. The smallest absolute Gasteiger partial charge is 0.282 e. The number of rotatable bonds is 9. The van der Waals surface area contributed by atoms with Gasteiger partial charge in [-0.25, -0.2) is 4.98 Å². The average molecular weight is 618 g/mol. The number of aromatic nitrogens is 2. The summed E-state index contributed by atoms with van der Waals surface area (Å²) in [5.74, 6) is 0.682. The first-order chi connectivity index (χ1) is 18.3. The van der Waals surface area contributed by atoms with Crippen LogP contribution in [0.3, 0.4) is 0 Å². The third-order valence-corrected chi connectivity index (χ3v) is 6.42. The van der Waals surface area contributed by atoms with Crippen molar-refractivity contribution in [2.45, 2.75) is 19.8 Å². The van der Waals surface area contributed by atoms with Gasteiger partial charge in [0.15, 0.2) is 18.1 Å². The fourth-order valence-electron chi connectivity index (χ4n) is 3.65. The van der Waals surface area contributed by atoms with Crippen molar-refractivity contribution in [3.63, 3.8) is 0 Å². The SMILES string of the molecule is CCCc1nc2ccc(Br)cc2c(=O)n1N=Cc1cc(Cl)c(OCC(=O)Nc2ccc(Cl)cc2)c(OC)c1. The first-order valence-corrected chi connectivity index (χ1v) is 13.1. The van der Waals surface area contributed by atoms with E-state index in [-0.39, 0.29) is 28.8 Å². The van der Waals surface area contributed by atoms with Crippen LogP contribution in [0.25, 0.3) is 10.9 Å². The minimum atomic E-state index is -0.380. The van der Waals surface area contributed by atoms with Gasteiger partial charge in [-0.3, -0.25) is 9.59 Å². The van der Waals surface area contributed by atoms with Gasteiger partial charge in [-0.2, -0.15) is 9.78 Å². The molecule has 38 heavy (non-hydrogen) atoms. The van der Waals surface area contributed by atoms with Gasteiger partial charge >= 0.3 is 0 Å². The lowest BCUT2D eigenvalue weighted by Gasteiger charge is -2.13. The van der Waals surface area contributed by atoms with Gasteiger partial charge in [0.1, 0.15) is 5.82 Å². The Morgan fingerprint density at radius 2 is 1.92 bits per heavy atom. The summed E-state index contributed by atoms with van der Waals surface area (Å²) < 4.78 is 13.2. The molecule has 1 heterocycles. The van der Waals surface area contributed by atoms with E-state index >= 15 is 0 Å². The van der Waals surface area contributed by atoms with E-state index in [9.17, 15) is 9.59 Å². The zero-order valence-corrected chi connectivity index (χ0v) is 23.6. The van der Waals surface area contributed by atoms with Crippen molar-refractivity contribution in [2.75, 3.05) is 19.0 Å². The second-order valence-corrected chi connectivity index (χ2v) is 9.94. The van der Waals surface area contributed by atoms with Crippen LogP contribution in [0.15, 0.2) is 69.0 Å². The van der Waals surface area contributed by atoms with E-state index in [0.717, 1.165) is 10.9 Å². The number of aryl methyl sites for hydroxylation is 1. The van der Waals surface area contributed by atoms with Crippen LogP contribution in [0.4, 0.5) is 5.69 Å². The van der Waals surface area contributed by atoms with E-state index < -0.39 is 0 Å². The van der Waals surface area contributed by atoms with E-state index in [2.05, 4.69) is 31.3 Å². The van der Waals surface area contributed by atoms with Gasteiger partial charge in [0.2, 0.25) is 0 Å². The lowest BCUT2D eigenvalue weighted by atomic mass is 10.2. The highest BCUT2D eigenvalue weighted by atomic mass is 79.9. The molecule has 0 aliphatic heterocycles. The number of amides is 1. The molecule has 0 unspecified atom stereocenters. The zero-order chi connectivity index (χ0) is 27.2. The highest BCUT2D eigenvalue weighted by Crippen LogP contribution is 2.36. The summed E-state index contributed by atoms with van der Waals surface area (Å²) in [5, 5.41) is 8.37. The minimum Gasteiger partial charge on any atom is -0.493 e. The minimum absolute atomic E-state index is 0.207. The van der Waals surface area contributed by atoms with Gasteiger partial charge in [-0.15, -0.1) is 0 Å². The molecule has 8 nitrogen and oxygen atoms in total. The van der Waals surface area contributed by atoms with Crippen LogP contribution in [0, 0.1) is 0 Å². The predicted octanol–water partition coefficient (Wildman–Crippen LogP) is 6.33. The van der Waals surface area contributed by atoms with E-state index in [4.69, 9.17) is 32.7 Å². The molecule has 3 aromatic carbocycles. The van der Waals surface area contributed by atoms with Crippen molar-refractivity contribution in [1.82, 2.24) is 9.66 Å². The van der Waals surface area contributed by atoms with E-state index in [1.807, 2.05) is 13.0 Å². The first kappa shape index (κ1) is 27.6. The standard InChI is InChI=1S/C27H23BrCl2N4O4/c1-3-4-24-33-22-10-5-17(28)13-20(22)27(36)34(24)31-14-16-11-21(30)26(23(12-16)37-2)38-15-25(35)32-19-8-6-18(29)7-9-19/h5-14H,3-4,15H2,1-2H3,(H,32,35). The van der Waals surface area contributed by atoms with Gasteiger partial charge < -0.3 is 14.8 Å². The average Bonchev–Trinajstić information content (AvgIpc) is 2.89. The van der Waals surface area contributed by atoms with Gasteiger partial charge in [0.25, 0.3) is 11.5 Å². The predicted molar refractivity (Wildman–Crippen MR) is 154 cm³/mol. The maximum Gasteiger partial charge on any atom is 0.282 e. The molecule has 11 heteroatoms. The Hall–Kier alpha value is -3.40. The number of nitrogens with one attached hydrogen (secondary N) is 1. The quantitative estimate of drug-likeness (QED) is 0.222. The van der Waals surface area contributed by atoms with Crippen LogP contribution in [0.1, 0.15) is 24.7 Å². The molecule has 4 aromatic rings. The number of carbonyl (C=O) groups excluding carboxylic acids is 1. The number of halogens is 3. The number of hydrogen-bond donors (Lipinski definition) is 1. The summed E-state index contributed by atoms with van der Waals surface area (Å²) in [6.45, 7) is 1.71. The molecule has 0 spiro atoms. The number of carbonyl (C=O) groups is 1. The summed E-state index contributed by atoms with van der Waals surface area (Å²) in [4.78, 5) is 30.2. The van der Waals surface area contributed by atoms with Crippen LogP contribution in [-0.4, -0.2) is 35.5 Å². The van der Waals surface area contributed by atoms with Crippen molar-refractivity contribution in [3.8, 4) is 11.5 Å². The molecule has 1 N–H and O–H groups in total. The van der Waals surface area contributed by atoms with Crippen molar-refractivity contribution in [1.29, 1.82) is 0 Å². The Labute approximate surface area is 237 Å². The second kappa shape index (κ2) is 12.4. The summed E-state index contributed by atoms with van der Waals surface area (Å²) in [6.07, 6.45) is 2.87. The topological polar surface area (TPSA) is 94.8 Å². The van der Waals surface area contributed by atoms with Crippen LogP contribution >= 0.6 is 39.1 Å². The van der Waals surface area contributed by atoms with E-state index in [1.165, 1.54) is 18.0 Å². The van der Waals surface area contributed by atoms with E-state index in [0.29, 0.717) is 45.2 Å². The van der Waals surface area contributed by atoms with Gasteiger partial charge in [-0.1, -0.05) is 46.1 Å². The van der Waals surface area contributed by atoms with Crippen molar-refractivity contribution >= 4 is 67.8 Å². The molecule has 0 saturated heterocycles. The first-order valence-electron chi connectivity index (χ1n) is 11.6. The summed E-state index contributed by atoms with van der Waals surface area (Å²) in [6, 6.07) is 15.3. The molecule has 0 radical (unpaired) electrons. The second-order valence-electron chi connectivity index (χ2n) is 8.18. The fraction of sp³-hybridized carbons (Fsp3) is 0.185. The summed E-state index contributed by atoms with van der Waals surface area (Å²) in [5.41, 5.74) is 1.48. The number of benzene rings is 3. The largest absolute Gasteiger partial charge is 0.493 e. The lowest BCUT2D eigenvalue weighted by molar-refractivity contribution is -0.118. The maximum absolute atomic E-state index is 13.2. The van der Waals surface area contributed by atoms with E-state index in [1.54, 1.807) is 48.5 Å². The van der Waals surface area contributed by atoms with Crippen molar-refractivity contribution in [2.24, 2.45) is 5.10 Å². The Morgan fingerprint density at radius 3 is 2.63 bits per heavy atom.